The first-order valence-electron chi connectivity index (χ1n) is 7.05. The Labute approximate surface area is 135 Å². The molecular formula is C17H20N2O2S. The minimum atomic E-state index is -0.524. The van der Waals surface area contributed by atoms with Crippen LogP contribution in [-0.4, -0.2) is 16.7 Å². The number of pyridine rings is 1. The zero-order valence-electron chi connectivity index (χ0n) is 13.0. The summed E-state index contributed by atoms with van der Waals surface area (Å²) in [5.74, 6) is 1.36. The van der Waals surface area contributed by atoms with E-state index in [-0.39, 0.29) is 0 Å². The zero-order valence-corrected chi connectivity index (χ0v) is 13.8. The van der Waals surface area contributed by atoms with Crippen molar-refractivity contribution in [3.63, 3.8) is 0 Å². The fourth-order valence-electron chi connectivity index (χ4n) is 1.72. The molecule has 116 valence electrons. The van der Waals surface area contributed by atoms with E-state index < -0.39 is 11.7 Å². The minimum absolute atomic E-state index is 0.493. The Morgan fingerprint density at radius 1 is 1.23 bits per heavy atom. The molecule has 1 N–H and O–H groups in total. The highest BCUT2D eigenvalue weighted by atomic mass is 32.2. The van der Waals surface area contributed by atoms with Crippen LogP contribution in [0.25, 0.3) is 0 Å². The van der Waals surface area contributed by atoms with Gasteiger partial charge in [-0.1, -0.05) is 30.3 Å². The fraction of sp³-hybridized carbons (Fsp3) is 0.294. The van der Waals surface area contributed by atoms with Gasteiger partial charge in [0.1, 0.15) is 11.4 Å². The summed E-state index contributed by atoms with van der Waals surface area (Å²) in [4.78, 5) is 16.9. The van der Waals surface area contributed by atoms with Gasteiger partial charge in [-0.05, 0) is 38.5 Å². The molecule has 0 bridgehead atoms. The molecule has 2 rings (SSSR count). The number of nitrogens with zero attached hydrogens (tertiary/aromatic N) is 1. The van der Waals surface area contributed by atoms with Gasteiger partial charge in [-0.2, -0.15) is 0 Å². The molecule has 0 aliphatic carbocycles. The molecular weight excluding hydrogens is 296 g/mol. The number of hydrogen-bond acceptors (Lipinski definition) is 4. The number of hydrogen-bond donors (Lipinski definition) is 1. The molecule has 1 aromatic carbocycles. The topological polar surface area (TPSA) is 51.2 Å². The Morgan fingerprint density at radius 2 is 1.95 bits per heavy atom. The summed E-state index contributed by atoms with van der Waals surface area (Å²) in [5.41, 5.74) is 0.731. The number of rotatable bonds is 4. The summed E-state index contributed by atoms with van der Waals surface area (Å²) in [5, 5.41) is 2.65. The smallest absolute Gasteiger partial charge is 0.413 e. The molecule has 4 nitrogen and oxygen atoms in total. The Morgan fingerprint density at radius 3 is 2.64 bits per heavy atom. The van der Waals surface area contributed by atoms with Crippen LogP contribution in [0.4, 0.5) is 10.6 Å². The minimum Gasteiger partial charge on any atom is -0.444 e. The first-order valence-corrected chi connectivity index (χ1v) is 8.04. The highest BCUT2D eigenvalue weighted by molar-refractivity contribution is 7.98. The first-order chi connectivity index (χ1) is 10.4. The molecule has 0 radical (unpaired) electrons. The van der Waals surface area contributed by atoms with E-state index >= 15 is 0 Å². The lowest BCUT2D eigenvalue weighted by atomic mass is 10.2. The number of amides is 1. The summed E-state index contributed by atoms with van der Waals surface area (Å²) in [7, 11) is 0. The lowest BCUT2D eigenvalue weighted by Gasteiger charge is -2.19. The van der Waals surface area contributed by atoms with E-state index in [2.05, 4.69) is 22.4 Å². The normalized spacial score (nSPS) is 11.0. The van der Waals surface area contributed by atoms with Crippen molar-refractivity contribution in [1.29, 1.82) is 0 Å². The van der Waals surface area contributed by atoms with Crippen LogP contribution in [0.2, 0.25) is 0 Å². The molecule has 1 heterocycles. The molecule has 22 heavy (non-hydrogen) atoms. The molecule has 0 aliphatic rings. The second-order valence-corrected chi connectivity index (χ2v) is 6.83. The molecule has 0 saturated carbocycles. The average Bonchev–Trinajstić information content (AvgIpc) is 2.44. The van der Waals surface area contributed by atoms with E-state index in [0.29, 0.717) is 5.82 Å². The molecule has 0 spiro atoms. The van der Waals surface area contributed by atoms with Gasteiger partial charge < -0.3 is 4.74 Å². The van der Waals surface area contributed by atoms with Gasteiger partial charge >= 0.3 is 6.09 Å². The standard InChI is InChI=1S/C17H20N2O2S/c1-17(2,3)21-16(20)19-15-11-14(9-10-18-15)22-12-13-7-5-4-6-8-13/h4-11H,12H2,1-3H3,(H,18,19,20). The predicted molar refractivity (Wildman–Crippen MR) is 90.1 cm³/mol. The second-order valence-electron chi connectivity index (χ2n) is 5.78. The quantitative estimate of drug-likeness (QED) is 0.829. The van der Waals surface area contributed by atoms with E-state index in [9.17, 15) is 4.79 Å². The van der Waals surface area contributed by atoms with E-state index in [0.717, 1.165) is 10.6 Å². The van der Waals surface area contributed by atoms with Gasteiger partial charge in [-0.25, -0.2) is 9.78 Å². The number of nitrogens with one attached hydrogen (secondary N) is 1. The Bertz CT molecular complexity index is 624. The average molecular weight is 316 g/mol. The van der Waals surface area contributed by atoms with Gasteiger partial charge in [0.25, 0.3) is 0 Å². The number of carbonyl (C=O) groups is 1. The maximum atomic E-state index is 11.7. The van der Waals surface area contributed by atoms with E-state index in [1.165, 1.54) is 5.56 Å². The summed E-state index contributed by atoms with van der Waals surface area (Å²) in [6, 6.07) is 14.0. The largest absolute Gasteiger partial charge is 0.444 e. The van der Waals surface area contributed by atoms with Crippen molar-refractivity contribution < 1.29 is 9.53 Å². The molecule has 1 aromatic heterocycles. The van der Waals surface area contributed by atoms with Crippen LogP contribution < -0.4 is 5.32 Å². The molecule has 0 aliphatic heterocycles. The summed E-state index contributed by atoms with van der Waals surface area (Å²) in [6.45, 7) is 5.48. The van der Waals surface area contributed by atoms with E-state index in [1.807, 2.05) is 51.1 Å². The molecule has 0 unspecified atom stereocenters. The van der Waals surface area contributed by atoms with Crippen LogP contribution >= 0.6 is 11.8 Å². The summed E-state index contributed by atoms with van der Waals surface area (Å²) < 4.78 is 5.21. The molecule has 0 saturated heterocycles. The third kappa shape index (κ3) is 5.77. The number of thioether (sulfide) groups is 1. The van der Waals surface area contributed by atoms with Crippen LogP contribution in [0.3, 0.4) is 0 Å². The van der Waals surface area contributed by atoms with Gasteiger partial charge in [0.05, 0.1) is 0 Å². The number of anilines is 1. The zero-order chi connectivity index (χ0) is 16.0. The van der Waals surface area contributed by atoms with Gasteiger partial charge in [0, 0.05) is 16.8 Å². The maximum absolute atomic E-state index is 11.7. The third-order valence-corrected chi connectivity index (χ3v) is 3.67. The lowest BCUT2D eigenvalue weighted by Crippen LogP contribution is -2.27. The van der Waals surface area contributed by atoms with Crippen LogP contribution in [0.15, 0.2) is 53.6 Å². The van der Waals surface area contributed by atoms with Crippen molar-refractivity contribution in [1.82, 2.24) is 4.98 Å². The maximum Gasteiger partial charge on any atom is 0.413 e. The van der Waals surface area contributed by atoms with Gasteiger partial charge in [-0.15, -0.1) is 11.8 Å². The highest BCUT2D eigenvalue weighted by Gasteiger charge is 2.16. The fourth-order valence-corrected chi connectivity index (χ4v) is 2.60. The Hall–Kier alpha value is -2.01. The monoisotopic (exact) mass is 316 g/mol. The number of benzene rings is 1. The number of carbonyl (C=O) groups excluding carboxylic acids is 1. The molecule has 2 aromatic rings. The number of ether oxygens (including phenoxy) is 1. The molecule has 1 amide bonds. The van der Waals surface area contributed by atoms with Crippen molar-refractivity contribution in [2.75, 3.05) is 5.32 Å². The second kappa shape index (κ2) is 7.31. The highest BCUT2D eigenvalue weighted by Crippen LogP contribution is 2.24. The van der Waals surface area contributed by atoms with Crippen molar-refractivity contribution in [3.8, 4) is 0 Å². The summed E-state index contributed by atoms with van der Waals surface area (Å²) in [6.07, 6.45) is 1.19. The number of aromatic nitrogens is 1. The molecule has 0 atom stereocenters. The van der Waals surface area contributed by atoms with Gasteiger partial charge in [0.2, 0.25) is 0 Å². The third-order valence-electron chi connectivity index (χ3n) is 2.61. The van der Waals surface area contributed by atoms with Crippen LogP contribution in [-0.2, 0) is 10.5 Å². The van der Waals surface area contributed by atoms with Crippen molar-refractivity contribution >= 4 is 23.7 Å². The van der Waals surface area contributed by atoms with Crippen LogP contribution in [0, 0.1) is 0 Å². The van der Waals surface area contributed by atoms with Crippen molar-refractivity contribution in [2.45, 2.75) is 37.0 Å². The van der Waals surface area contributed by atoms with Crippen LogP contribution in [0.1, 0.15) is 26.3 Å². The SMILES string of the molecule is CC(C)(C)OC(=O)Nc1cc(SCc2ccccc2)ccn1. The summed E-state index contributed by atoms with van der Waals surface area (Å²) >= 11 is 1.70. The predicted octanol–water partition coefficient (Wildman–Crippen LogP) is 4.72. The van der Waals surface area contributed by atoms with E-state index in [1.54, 1.807) is 18.0 Å². The first kappa shape index (κ1) is 16.4. The Balaban J connectivity index is 1.94. The van der Waals surface area contributed by atoms with Crippen molar-refractivity contribution in [3.05, 3.63) is 54.2 Å². The Kier molecular flexibility index (Phi) is 5.44. The van der Waals surface area contributed by atoms with Gasteiger partial charge in [0.15, 0.2) is 0 Å². The van der Waals surface area contributed by atoms with Crippen LogP contribution in [0.5, 0.6) is 0 Å². The molecule has 0 fully saturated rings. The van der Waals surface area contributed by atoms with Crippen molar-refractivity contribution in [2.24, 2.45) is 0 Å². The lowest BCUT2D eigenvalue weighted by molar-refractivity contribution is 0.0635. The van der Waals surface area contributed by atoms with Gasteiger partial charge in [-0.3, -0.25) is 5.32 Å². The van der Waals surface area contributed by atoms with E-state index in [4.69, 9.17) is 4.74 Å². The molecule has 5 heteroatoms.